The summed E-state index contributed by atoms with van der Waals surface area (Å²) in [6.07, 6.45) is 11.6. The van der Waals surface area contributed by atoms with Crippen molar-refractivity contribution in [1.29, 1.82) is 0 Å². The summed E-state index contributed by atoms with van der Waals surface area (Å²) in [4.78, 5) is 16.9. The van der Waals surface area contributed by atoms with Crippen molar-refractivity contribution in [3.8, 4) is 0 Å². The van der Waals surface area contributed by atoms with Crippen LogP contribution >= 0.6 is 11.6 Å². The van der Waals surface area contributed by atoms with Gasteiger partial charge in [-0.25, -0.2) is 0 Å². The summed E-state index contributed by atoms with van der Waals surface area (Å²) in [5.74, 6) is -0.159. The summed E-state index contributed by atoms with van der Waals surface area (Å²) in [7, 11) is 0. The number of halogens is 1. The van der Waals surface area contributed by atoms with E-state index in [-0.39, 0.29) is 5.91 Å². The Kier molecular flexibility index (Phi) is 9.48. The molecule has 1 aromatic heterocycles. The number of carbonyl (C=O) groups excluding carboxylic acids is 1. The van der Waals surface area contributed by atoms with Gasteiger partial charge in [-0.3, -0.25) is 9.78 Å². The van der Waals surface area contributed by atoms with Crippen molar-refractivity contribution in [3.63, 3.8) is 0 Å². The fourth-order valence-corrected chi connectivity index (χ4v) is 3.26. The zero-order valence-corrected chi connectivity index (χ0v) is 19.4. The molecule has 0 fully saturated rings. The zero-order chi connectivity index (χ0) is 22.8. The Labute approximate surface area is 191 Å². The van der Waals surface area contributed by atoms with Gasteiger partial charge in [0.15, 0.2) is 0 Å². The van der Waals surface area contributed by atoms with E-state index in [0.717, 1.165) is 45.7 Å². The van der Waals surface area contributed by atoms with Gasteiger partial charge < -0.3 is 5.32 Å². The standard InChI is InChI=1S/C27H31ClN2O/c1-6-19(4)9-10-20(5)13-22-14-24(18-29-16-22)27(31)30-17-21-11-12-23(7-2)25(15-21)26(28)8-3/h8-12,14-16,18H,4-7,13,17H2,1-3H3,(H,30,31)/b10-9-,26-8+. The monoisotopic (exact) mass is 434 g/mol. The van der Waals surface area contributed by atoms with Crippen LogP contribution in [0.5, 0.6) is 0 Å². The highest BCUT2D eigenvalue weighted by molar-refractivity contribution is 6.48. The molecule has 4 heteroatoms. The number of nitrogens with zero attached hydrogens (tertiary/aromatic N) is 1. The third-order valence-corrected chi connectivity index (χ3v) is 5.44. The molecule has 0 bridgehead atoms. The van der Waals surface area contributed by atoms with Crippen molar-refractivity contribution in [1.82, 2.24) is 10.3 Å². The third-order valence-electron chi connectivity index (χ3n) is 5.02. The fraction of sp³-hybridized carbons (Fsp3) is 0.259. The maximum absolute atomic E-state index is 12.7. The molecule has 0 saturated heterocycles. The Morgan fingerprint density at radius 1 is 1.10 bits per heavy atom. The number of allylic oxidation sites excluding steroid dienone is 5. The van der Waals surface area contributed by atoms with Crippen LogP contribution in [0, 0.1) is 0 Å². The highest BCUT2D eigenvalue weighted by Gasteiger charge is 2.10. The second kappa shape index (κ2) is 12.1. The smallest absolute Gasteiger partial charge is 0.253 e. The maximum Gasteiger partial charge on any atom is 0.253 e. The SMILES string of the molecule is C=C(/C=C\C(=C)Cc1cncc(C(=O)NCc2ccc(CC)c(/C(Cl)=C\C)c2)c1)CC. The number of aromatic nitrogens is 1. The molecule has 1 heterocycles. The van der Waals surface area contributed by atoms with Gasteiger partial charge >= 0.3 is 0 Å². The molecule has 0 aliphatic carbocycles. The first-order valence-corrected chi connectivity index (χ1v) is 10.9. The van der Waals surface area contributed by atoms with Crippen molar-refractivity contribution < 1.29 is 4.79 Å². The molecule has 0 aliphatic rings. The minimum atomic E-state index is -0.159. The number of benzene rings is 1. The zero-order valence-electron chi connectivity index (χ0n) is 18.7. The molecule has 3 nitrogen and oxygen atoms in total. The van der Waals surface area contributed by atoms with Crippen molar-refractivity contribution in [2.45, 2.75) is 46.6 Å². The Balaban J connectivity index is 2.05. The van der Waals surface area contributed by atoms with Gasteiger partial charge in [0.1, 0.15) is 0 Å². The summed E-state index contributed by atoms with van der Waals surface area (Å²) < 4.78 is 0. The number of hydrogen-bond acceptors (Lipinski definition) is 2. The summed E-state index contributed by atoms with van der Waals surface area (Å²) in [5, 5.41) is 3.70. The molecule has 1 N–H and O–H groups in total. The van der Waals surface area contributed by atoms with E-state index >= 15 is 0 Å². The van der Waals surface area contributed by atoms with Gasteiger partial charge in [-0.2, -0.15) is 0 Å². The molecule has 1 amide bonds. The van der Waals surface area contributed by atoms with Gasteiger partial charge in [-0.1, -0.05) is 80.1 Å². The second-order valence-corrected chi connectivity index (χ2v) is 7.83. The van der Waals surface area contributed by atoms with E-state index in [2.05, 4.69) is 43.4 Å². The molecule has 162 valence electrons. The number of pyridine rings is 1. The van der Waals surface area contributed by atoms with Crippen LogP contribution in [0.15, 0.2) is 79.2 Å². The number of amides is 1. The van der Waals surface area contributed by atoms with Crippen LogP contribution in [0.4, 0.5) is 0 Å². The highest BCUT2D eigenvalue weighted by Crippen LogP contribution is 2.24. The van der Waals surface area contributed by atoms with Gasteiger partial charge in [0.05, 0.1) is 5.56 Å². The van der Waals surface area contributed by atoms with Gasteiger partial charge in [-0.15, -0.1) is 0 Å². The number of rotatable bonds is 10. The topological polar surface area (TPSA) is 42.0 Å². The van der Waals surface area contributed by atoms with Gasteiger partial charge in [0.2, 0.25) is 0 Å². The lowest BCUT2D eigenvalue weighted by atomic mass is 10.0. The van der Waals surface area contributed by atoms with E-state index in [0.29, 0.717) is 18.5 Å². The van der Waals surface area contributed by atoms with E-state index in [1.807, 2.05) is 43.4 Å². The highest BCUT2D eigenvalue weighted by atomic mass is 35.5. The summed E-state index contributed by atoms with van der Waals surface area (Å²) in [5.41, 5.74) is 6.67. The molecule has 0 radical (unpaired) electrons. The number of hydrogen-bond donors (Lipinski definition) is 1. The van der Waals surface area contributed by atoms with E-state index < -0.39 is 0 Å². The molecular weight excluding hydrogens is 404 g/mol. The average molecular weight is 435 g/mol. The third kappa shape index (κ3) is 7.37. The first kappa shape index (κ1) is 24.4. The van der Waals surface area contributed by atoms with E-state index in [4.69, 9.17) is 11.6 Å². The maximum atomic E-state index is 12.7. The predicted molar refractivity (Wildman–Crippen MR) is 132 cm³/mol. The summed E-state index contributed by atoms with van der Waals surface area (Å²) >= 11 is 6.36. The first-order valence-electron chi connectivity index (χ1n) is 10.6. The summed E-state index contributed by atoms with van der Waals surface area (Å²) in [6.45, 7) is 14.5. The molecular formula is C27H31ClN2O. The molecule has 1 aromatic carbocycles. The van der Waals surface area contributed by atoms with Crippen molar-refractivity contribution in [2.75, 3.05) is 0 Å². The quantitative estimate of drug-likeness (QED) is 0.418. The van der Waals surface area contributed by atoms with Crippen LogP contribution in [0.3, 0.4) is 0 Å². The molecule has 0 spiro atoms. The number of aryl methyl sites for hydroxylation is 1. The summed E-state index contributed by atoms with van der Waals surface area (Å²) in [6, 6.07) is 7.99. The predicted octanol–water partition coefficient (Wildman–Crippen LogP) is 6.79. The van der Waals surface area contributed by atoms with Crippen LogP contribution in [0.1, 0.15) is 59.8 Å². The van der Waals surface area contributed by atoms with Crippen LogP contribution in [-0.4, -0.2) is 10.9 Å². The van der Waals surface area contributed by atoms with Crippen LogP contribution in [0.25, 0.3) is 5.03 Å². The number of nitrogens with one attached hydrogen (secondary N) is 1. The van der Waals surface area contributed by atoms with Gasteiger partial charge in [0, 0.05) is 24.0 Å². The number of carbonyl (C=O) groups is 1. The van der Waals surface area contributed by atoms with Gasteiger partial charge in [0.25, 0.3) is 5.91 Å². The van der Waals surface area contributed by atoms with Gasteiger partial charge in [-0.05, 0) is 60.6 Å². The lowest BCUT2D eigenvalue weighted by molar-refractivity contribution is 0.0950. The molecule has 0 atom stereocenters. The van der Waals surface area contributed by atoms with E-state index in [1.165, 1.54) is 5.56 Å². The van der Waals surface area contributed by atoms with E-state index in [9.17, 15) is 4.79 Å². The molecule has 0 unspecified atom stereocenters. The molecule has 0 saturated carbocycles. The Bertz CT molecular complexity index is 1020. The Morgan fingerprint density at radius 3 is 2.52 bits per heavy atom. The fourth-order valence-electron chi connectivity index (χ4n) is 3.09. The minimum Gasteiger partial charge on any atom is -0.348 e. The average Bonchev–Trinajstić information content (AvgIpc) is 2.80. The van der Waals surface area contributed by atoms with Crippen LogP contribution in [0.2, 0.25) is 0 Å². The lowest BCUT2D eigenvalue weighted by Crippen LogP contribution is -2.23. The first-order chi connectivity index (χ1) is 14.9. The normalized spacial score (nSPS) is 11.5. The largest absolute Gasteiger partial charge is 0.348 e. The second-order valence-electron chi connectivity index (χ2n) is 7.43. The van der Waals surface area contributed by atoms with Crippen LogP contribution in [-0.2, 0) is 19.4 Å². The molecule has 0 aliphatic heterocycles. The van der Waals surface area contributed by atoms with Crippen molar-refractivity contribution in [2.24, 2.45) is 0 Å². The molecule has 2 aromatic rings. The van der Waals surface area contributed by atoms with Crippen molar-refractivity contribution >= 4 is 22.5 Å². The molecule has 31 heavy (non-hydrogen) atoms. The lowest BCUT2D eigenvalue weighted by Gasteiger charge is -2.11. The molecule has 2 rings (SSSR count). The Morgan fingerprint density at radius 2 is 1.84 bits per heavy atom. The van der Waals surface area contributed by atoms with Crippen molar-refractivity contribution in [3.05, 3.63) is 107 Å². The van der Waals surface area contributed by atoms with Crippen LogP contribution < -0.4 is 5.32 Å². The Hall–Kier alpha value is -2.91. The van der Waals surface area contributed by atoms with E-state index in [1.54, 1.807) is 12.4 Å². The minimum absolute atomic E-state index is 0.159.